The molecule has 0 fully saturated rings. The minimum absolute atomic E-state index is 0.0314. The summed E-state index contributed by atoms with van der Waals surface area (Å²) in [6.45, 7) is 2.38. The first-order valence-electron chi connectivity index (χ1n) is 8.13. The molecule has 1 N–H and O–H groups in total. The van der Waals surface area contributed by atoms with Crippen LogP contribution in [0.2, 0.25) is 0 Å². The maximum Gasteiger partial charge on any atom is 0.248 e. The largest absolute Gasteiger partial charge is 0.493 e. The van der Waals surface area contributed by atoms with Crippen LogP contribution in [0.4, 0.5) is 5.69 Å². The standard InChI is InChI=1S/C18H19N5O3/c1-3-26-16-11-13(9-10-15(16)25-2)18-20-22-23(21-18)12-17(24)19-14-7-5-4-6-8-14/h4-11H,3,12H2,1-2H3,(H,19,24). The fourth-order valence-corrected chi connectivity index (χ4v) is 2.36. The van der Waals surface area contributed by atoms with Crippen LogP contribution in [0.5, 0.6) is 11.5 Å². The molecule has 3 aromatic rings. The molecule has 0 aliphatic heterocycles. The summed E-state index contributed by atoms with van der Waals surface area (Å²) < 4.78 is 10.8. The highest BCUT2D eigenvalue weighted by Gasteiger charge is 2.12. The van der Waals surface area contributed by atoms with E-state index in [1.165, 1.54) is 4.80 Å². The van der Waals surface area contributed by atoms with Crippen molar-refractivity contribution in [1.29, 1.82) is 0 Å². The summed E-state index contributed by atoms with van der Waals surface area (Å²) in [4.78, 5) is 13.3. The van der Waals surface area contributed by atoms with E-state index in [9.17, 15) is 4.79 Å². The van der Waals surface area contributed by atoms with Gasteiger partial charge in [0.2, 0.25) is 11.7 Å². The smallest absolute Gasteiger partial charge is 0.248 e. The van der Waals surface area contributed by atoms with E-state index < -0.39 is 0 Å². The van der Waals surface area contributed by atoms with Crippen molar-refractivity contribution in [2.45, 2.75) is 13.5 Å². The SMILES string of the molecule is CCOc1cc(-c2nnn(CC(=O)Nc3ccccc3)n2)ccc1OC. The molecule has 1 heterocycles. The number of carbonyl (C=O) groups is 1. The van der Waals surface area contributed by atoms with Crippen molar-refractivity contribution >= 4 is 11.6 Å². The molecule has 1 aromatic heterocycles. The maximum atomic E-state index is 12.1. The number of rotatable bonds is 7. The molecule has 26 heavy (non-hydrogen) atoms. The van der Waals surface area contributed by atoms with E-state index in [2.05, 4.69) is 20.7 Å². The lowest BCUT2D eigenvalue weighted by Gasteiger charge is -2.09. The molecule has 8 heteroatoms. The third-order valence-corrected chi connectivity index (χ3v) is 3.52. The maximum absolute atomic E-state index is 12.1. The normalized spacial score (nSPS) is 10.4. The Kier molecular flexibility index (Phi) is 5.43. The Morgan fingerprint density at radius 1 is 1.15 bits per heavy atom. The number of hydrogen-bond acceptors (Lipinski definition) is 6. The van der Waals surface area contributed by atoms with E-state index in [0.717, 1.165) is 5.56 Å². The lowest BCUT2D eigenvalue weighted by molar-refractivity contribution is -0.117. The van der Waals surface area contributed by atoms with Crippen molar-refractivity contribution in [2.24, 2.45) is 0 Å². The van der Waals surface area contributed by atoms with Crippen molar-refractivity contribution in [3.05, 3.63) is 48.5 Å². The molecule has 0 unspecified atom stereocenters. The highest BCUT2D eigenvalue weighted by Crippen LogP contribution is 2.31. The average molecular weight is 353 g/mol. The second-order valence-corrected chi connectivity index (χ2v) is 5.36. The molecule has 2 aromatic carbocycles. The summed E-state index contributed by atoms with van der Waals surface area (Å²) in [6, 6.07) is 14.6. The molecule has 0 spiro atoms. The Labute approximate surface area is 150 Å². The summed E-state index contributed by atoms with van der Waals surface area (Å²) in [5.74, 6) is 1.40. The van der Waals surface area contributed by atoms with Crippen LogP contribution in [0.25, 0.3) is 11.4 Å². The Bertz CT molecular complexity index is 880. The number of aromatic nitrogens is 4. The highest BCUT2D eigenvalue weighted by molar-refractivity contribution is 5.90. The lowest BCUT2D eigenvalue weighted by Crippen LogP contribution is -2.20. The Balaban J connectivity index is 1.71. The first-order chi connectivity index (χ1) is 12.7. The molecule has 0 bridgehead atoms. The van der Waals surface area contributed by atoms with Gasteiger partial charge >= 0.3 is 0 Å². The minimum Gasteiger partial charge on any atom is -0.493 e. The highest BCUT2D eigenvalue weighted by atomic mass is 16.5. The fraction of sp³-hybridized carbons (Fsp3) is 0.222. The molecule has 0 saturated heterocycles. The van der Waals surface area contributed by atoms with Crippen LogP contribution < -0.4 is 14.8 Å². The molecule has 0 saturated carbocycles. The number of nitrogens with zero attached hydrogens (tertiary/aromatic N) is 4. The van der Waals surface area contributed by atoms with E-state index in [0.29, 0.717) is 29.6 Å². The van der Waals surface area contributed by atoms with Crippen LogP contribution in [-0.2, 0) is 11.3 Å². The summed E-state index contributed by atoms with van der Waals surface area (Å²) in [7, 11) is 1.58. The Hall–Kier alpha value is -3.42. The Morgan fingerprint density at radius 3 is 2.69 bits per heavy atom. The molecule has 0 aliphatic carbocycles. The molecule has 3 rings (SSSR count). The fourth-order valence-electron chi connectivity index (χ4n) is 2.36. The molecule has 1 amide bonds. The van der Waals surface area contributed by atoms with Gasteiger partial charge in [-0.2, -0.15) is 4.80 Å². The third-order valence-electron chi connectivity index (χ3n) is 3.52. The van der Waals surface area contributed by atoms with Crippen LogP contribution in [0, 0.1) is 0 Å². The molecule has 0 atom stereocenters. The number of hydrogen-bond donors (Lipinski definition) is 1. The van der Waals surface area contributed by atoms with Gasteiger partial charge in [-0.3, -0.25) is 4.79 Å². The van der Waals surface area contributed by atoms with Gasteiger partial charge in [0, 0.05) is 11.3 Å². The lowest BCUT2D eigenvalue weighted by atomic mass is 10.2. The van der Waals surface area contributed by atoms with Crippen molar-refractivity contribution < 1.29 is 14.3 Å². The summed E-state index contributed by atoms with van der Waals surface area (Å²) in [5.41, 5.74) is 1.44. The molecule has 0 radical (unpaired) electrons. The first kappa shape index (κ1) is 17.4. The van der Waals surface area contributed by atoms with Crippen LogP contribution in [0.15, 0.2) is 48.5 Å². The van der Waals surface area contributed by atoms with Gasteiger partial charge in [0.25, 0.3) is 0 Å². The topological polar surface area (TPSA) is 91.2 Å². The van der Waals surface area contributed by atoms with Crippen molar-refractivity contribution in [3.8, 4) is 22.9 Å². The molecule has 0 aliphatic rings. The molecule has 8 nitrogen and oxygen atoms in total. The van der Waals surface area contributed by atoms with Gasteiger partial charge in [0.1, 0.15) is 6.54 Å². The predicted molar refractivity (Wildman–Crippen MR) is 96.0 cm³/mol. The van der Waals surface area contributed by atoms with Crippen LogP contribution in [0.1, 0.15) is 6.92 Å². The van der Waals surface area contributed by atoms with Crippen LogP contribution >= 0.6 is 0 Å². The zero-order chi connectivity index (χ0) is 18.4. The third kappa shape index (κ3) is 4.15. The number of methoxy groups -OCH3 is 1. The van der Waals surface area contributed by atoms with Gasteiger partial charge in [-0.25, -0.2) is 0 Å². The van der Waals surface area contributed by atoms with E-state index in [1.54, 1.807) is 19.2 Å². The van der Waals surface area contributed by atoms with Crippen LogP contribution in [0.3, 0.4) is 0 Å². The van der Waals surface area contributed by atoms with E-state index in [-0.39, 0.29) is 12.5 Å². The van der Waals surface area contributed by atoms with Crippen molar-refractivity contribution in [3.63, 3.8) is 0 Å². The van der Waals surface area contributed by atoms with Gasteiger partial charge in [-0.15, -0.1) is 10.2 Å². The van der Waals surface area contributed by atoms with Gasteiger partial charge in [0.15, 0.2) is 11.5 Å². The number of tetrazole rings is 1. The minimum atomic E-state index is -0.232. The quantitative estimate of drug-likeness (QED) is 0.701. The van der Waals surface area contributed by atoms with Crippen LogP contribution in [-0.4, -0.2) is 39.8 Å². The zero-order valence-corrected chi connectivity index (χ0v) is 14.5. The monoisotopic (exact) mass is 353 g/mol. The molecular formula is C18H19N5O3. The van der Waals surface area contributed by atoms with Gasteiger partial charge in [-0.1, -0.05) is 18.2 Å². The van der Waals surface area contributed by atoms with E-state index in [4.69, 9.17) is 9.47 Å². The van der Waals surface area contributed by atoms with E-state index in [1.807, 2.05) is 43.3 Å². The number of para-hydroxylation sites is 1. The van der Waals surface area contributed by atoms with Crippen molar-refractivity contribution in [1.82, 2.24) is 20.2 Å². The number of amides is 1. The second-order valence-electron chi connectivity index (χ2n) is 5.36. The van der Waals surface area contributed by atoms with Gasteiger partial charge in [0.05, 0.1) is 13.7 Å². The van der Waals surface area contributed by atoms with Gasteiger partial charge < -0.3 is 14.8 Å². The first-order valence-corrected chi connectivity index (χ1v) is 8.13. The number of benzene rings is 2. The van der Waals surface area contributed by atoms with E-state index >= 15 is 0 Å². The average Bonchev–Trinajstić information content (AvgIpc) is 3.11. The number of anilines is 1. The number of ether oxygens (including phenoxy) is 2. The summed E-state index contributed by atoms with van der Waals surface area (Å²) in [5, 5.41) is 15.0. The molecule has 134 valence electrons. The van der Waals surface area contributed by atoms with Crippen molar-refractivity contribution in [2.75, 3.05) is 19.0 Å². The molecular weight excluding hydrogens is 334 g/mol. The predicted octanol–water partition coefficient (Wildman–Crippen LogP) is 2.39. The second kappa shape index (κ2) is 8.11. The number of carbonyl (C=O) groups excluding carboxylic acids is 1. The summed E-state index contributed by atoms with van der Waals surface area (Å²) in [6.07, 6.45) is 0. The van der Waals surface area contributed by atoms with Gasteiger partial charge in [-0.05, 0) is 42.5 Å². The summed E-state index contributed by atoms with van der Waals surface area (Å²) >= 11 is 0. The Morgan fingerprint density at radius 2 is 1.96 bits per heavy atom. The zero-order valence-electron chi connectivity index (χ0n) is 14.5. The number of nitrogens with one attached hydrogen (secondary N) is 1.